The van der Waals surface area contributed by atoms with E-state index in [9.17, 15) is 4.39 Å². The van der Waals surface area contributed by atoms with Gasteiger partial charge in [-0.15, -0.1) is 0 Å². The Morgan fingerprint density at radius 3 is 3.13 bits per heavy atom. The molecule has 0 unspecified atom stereocenters. The summed E-state index contributed by atoms with van der Waals surface area (Å²) in [6, 6.07) is 4.53. The molecule has 0 saturated heterocycles. The second-order valence-electron chi connectivity index (χ2n) is 3.28. The van der Waals surface area contributed by atoms with Gasteiger partial charge in [-0.2, -0.15) is 5.10 Å². The molecule has 3 N–H and O–H groups in total. The second kappa shape index (κ2) is 4.23. The van der Waals surface area contributed by atoms with Crippen LogP contribution >= 0.6 is 0 Å². The van der Waals surface area contributed by atoms with Gasteiger partial charge < -0.3 is 5.73 Å². The number of benzene rings is 1. The Labute approximate surface area is 86.8 Å². The number of aromatic nitrogens is 2. The maximum absolute atomic E-state index is 13.0. The van der Waals surface area contributed by atoms with Crippen LogP contribution in [-0.2, 0) is 0 Å². The van der Waals surface area contributed by atoms with Gasteiger partial charge in [0, 0.05) is 5.39 Å². The molecule has 0 aliphatic carbocycles. The number of hydrogen-bond donors (Lipinski definition) is 2. The highest BCUT2D eigenvalue weighted by Gasteiger charge is 2.02. The molecule has 2 aromatic rings. The third-order valence-corrected chi connectivity index (χ3v) is 2.16. The summed E-state index contributed by atoms with van der Waals surface area (Å²) < 4.78 is 13.0. The molecule has 0 atom stereocenters. The van der Waals surface area contributed by atoms with E-state index in [2.05, 4.69) is 10.2 Å². The van der Waals surface area contributed by atoms with Gasteiger partial charge in [0.2, 0.25) is 0 Å². The predicted molar refractivity (Wildman–Crippen MR) is 58.8 cm³/mol. The lowest BCUT2D eigenvalue weighted by molar-refractivity contribution is 0.629. The van der Waals surface area contributed by atoms with E-state index >= 15 is 0 Å². The van der Waals surface area contributed by atoms with Gasteiger partial charge in [-0.25, -0.2) is 4.39 Å². The summed E-state index contributed by atoms with van der Waals surface area (Å²) in [5.41, 5.74) is 6.95. The molecular weight excluding hydrogens is 193 g/mol. The van der Waals surface area contributed by atoms with Crippen molar-refractivity contribution >= 4 is 17.0 Å². The average Bonchev–Trinajstić information content (AvgIpc) is 2.62. The van der Waals surface area contributed by atoms with Crippen LogP contribution in [0, 0.1) is 5.82 Å². The van der Waals surface area contributed by atoms with Crippen LogP contribution in [0.3, 0.4) is 0 Å². The lowest BCUT2D eigenvalue weighted by atomic mass is 10.2. The molecule has 0 bridgehead atoms. The van der Waals surface area contributed by atoms with Crippen LogP contribution in [-0.4, -0.2) is 16.7 Å². The summed E-state index contributed by atoms with van der Waals surface area (Å²) in [7, 11) is 0. The number of aromatic amines is 1. The number of halogens is 1. The van der Waals surface area contributed by atoms with Crippen LogP contribution in [0.1, 0.15) is 12.1 Å². The molecule has 1 heterocycles. The third-order valence-electron chi connectivity index (χ3n) is 2.16. The van der Waals surface area contributed by atoms with Crippen molar-refractivity contribution in [1.29, 1.82) is 0 Å². The molecule has 3 nitrogen and oxygen atoms in total. The van der Waals surface area contributed by atoms with Crippen LogP contribution in [0.15, 0.2) is 24.3 Å². The van der Waals surface area contributed by atoms with E-state index in [0.717, 1.165) is 23.0 Å². The first-order valence-corrected chi connectivity index (χ1v) is 4.81. The van der Waals surface area contributed by atoms with Crippen LogP contribution < -0.4 is 5.73 Å². The molecule has 0 amide bonds. The van der Waals surface area contributed by atoms with Crippen molar-refractivity contribution in [2.75, 3.05) is 6.54 Å². The van der Waals surface area contributed by atoms with E-state index in [0.29, 0.717) is 6.54 Å². The Bertz CT molecular complexity index is 488. The highest BCUT2D eigenvalue weighted by atomic mass is 19.1. The van der Waals surface area contributed by atoms with E-state index in [1.165, 1.54) is 12.1 Å². The van der Waals surface area contributed by atoms with Crippen molar-refractivity contribution < 1.29 is 4.39 Å². The standard InChI is InChI=1S/C11H12FN3/c12-8-4-5-11-9(7-8)10(14-15-11)3-1-2-6-13/h1,3-5,7H,2,6,13H2,(H,14,15)/b3-1+. The number of rotatable bonds is 3. The van der Waals surface area contributed by atoms with Gasteiger partial charge in [-0.1, -0.05) is 6.08 Å². The monoisotopic (exact) mass is 205 g/mol. The van der Waals surface area contributed by atoms with Crippen molar-refractivity contribution in [3.63, 3.8) is 0 Å². The number of H-pyrrole nitrogens is 1. The first-order valence-electron chi connectivity index (χ1n) is 4.81. The second-order valence-corrected chi connectivity index (χ2v) is 3.28. The number of hydrogen-bond acceptors (Lipinski definition) is 2. The molecular formula is C11H12FN3. The van der Waals surface area contributed by atoms with E-state index in [-0.39, 0.29) is 5.82 Å². The zero-order valence-electron chi connectivity index (χ0n) is 8.20. The summed E-state index contributed by atoms with van der Waals surface area (Å²) in [6.07, 6.45) is 4.62. The summed E-state index contributed by atoms with van der Waals surface area (Å²) in [4.78, 5) is 0. The molecule has 0 saturated carbocycles. The minimum atomic E-state index is -0.252. The van der Waals surface area contributed by atoms with Crippen LogP contribution in [0.5, 0.6) is 0 Å². The highest BCUT2D eigenvalue weighted by Crippen LogP contribution is 2.18. The summed E-state index contributed by atoms with van der Waals surface area (Å²) >= 11 is 0. The minimum Gasteiger partial charge on any atom is -0.330 e. The summed E-state index contributed by atoms with van der Waals surface area (Å²) in [5, 5.41) is 7.71. The molecule has 0 aliphatic rings. The Morgan fingerprint density at radius 2 is 2.33 bits per heavy atom. The Kier molecular flexibility index (Phi) is 2.78. The predicted octanol–water partition coefficient (Wildman–Crippen LogP) is 2.06. The van der Waals surface area contributed by atoms with E-state index in [4.69, 9.17) is 5.73 Å². The van der Waals surface area contributed by atoms with E-state index in [1.54, 1.807) is 6.07 Å². The highest BCUT2D eigenvalue weighted by molar-refractivity contribution is 5.86. The number of fused-ring (bicyclic) bond motifs is 1. The fourth-order valence-corrected chi connectivity index (χ4v) is 1.43. The fourth-order valence-electron chi connectivity index (χ4n) is 1.43. The van der Waals surface area contributed by atoms with Crippen molar-refractivity contribution in [1.82, 2.24) is 10.2 Å². The molecule has 1 aromatic carbocycles. The van der Waals surface area contributed by atoms with Gasteiger partial charge in [0.1, 0.15) is 5.82 Å². The Balaban J connectivity index is 2.39. The number of nitrogens with one attached hydrogen (secondary N) is 1. The smallest absolute Gasteiger partial charge is 0.124 e. The average molecular weight is 205 g/mol. The zero-order chi connectivity index (χ0) is 10.7. The molecule has 4 heteroatoms. The first-order chi connectivity index (χ1) is 7.31. The quantitative estimate of drug-likeness (QED) is 0.805. The lowest BCUT2D eigenvalue weighted by Crippen LogP contribution is -1.94. The van der Waals surface area contributed by atoms with Crippen molar-refractivity contribution in [3.05, 3.63) is 35.8 Å². The molecule has 0 aliphatic heterocycles. The van der Waals surface area contributed by atoms with Gasteiger partial charge >= 0.3 is 0 Å². The van der Waals surface area contributed by atoms with E-state index < -0.39 is 0 Å². The fraction of sp³-hybridized carbons (Fsp3) is 0.182. The van der Waals surface area contributed by atoms with Crippen molar-refractivity contribution in [2.24, 2.45) is 5.73 Å². The minimum absolute atomic E-state index is 0.252. The Hall–Kier alpha value is -1.68. The van der Waals surface area contributed by atoms with Gasteiger partial charge in [0.05, 0.1) is 11.2 Å². The molecule has 0 fully saturated rings. The lowest BCUT2D eigenvalue weighted by Gasteiger charge is -1.91. The van der Waals surface area contributed by atoms with Crippen molar-refractivity contribution in [2.45, 2.75) is 6.42 Å². The van der Waals surface area contributed by atoms with Crippen LogP contribution in [0.4, 0.5) is 4.39 Å². The SMILES string of the molecule is NCC/C=C/c1[nH]nc2ccc(F)cc12. The number of nitrogens with zero attached hydrogens (tertiary/aromatic N) is 1. The molecule has 0 radical (unpaired) electrons. The third kappa shape index (κ3) is 2.05. The van der Waals surface area contributed by atoms with Gasteiger partial charge in [0.15, 0.2) is 0 Å². The molecule has 2 rings (SSSR count). The summed E-state index contributed by atoms with van der Waals surface area (Å²) in [5.74, 6) is -0.252. The summed E-state index contributed by atoms with van der Waals surface area (Å²) in [6.45, 7) is 0.608. The maximum Gasteiger partial charge on any atom is 0.124 e. The molecule has 0 spiro atoms. The largest absolute Gasteiger partial charge is 0.330 e. The zero-order valence-corrected chi connectivity index (χ0v) is 8.20. The van der Waals surface area contributed by atoms with Gasteiger partial charge in [-0.05, 0) is 37.2 Å². The maximum atomic E-state index is 13.0. The van der Waals surface area contributed by atoms with Crippen LogP contribution in [0.2, 0.25) is 0 Å². The normalized spacial score (nSPS) is 11.6. The molecule has 15 heavy (non-hydrogen) atoms. The van der Waals surface area contributed by atoms with Crippen molar-refractivity contribution in [3.8, 4) is 0 Å². The first kappa shape index (κ1) is 9.86. The Morgan fingerprint density at radius 1 is 1.47 bits per heavy atom. The molecule has 1 aromatic heterocycles. The van der Waals surface area contributed by atoms with Crippen LogP contribution in [0.25, 0.3) is 17.0 Å². The topological polar surface area (TPSA) is 54.7 Å². The molecule has 78 valence electrons. The van der Waals surface area contributed by atoms with E-state index in [1.807, 2.05) is 12.2 Å². The number of nitrogens with two attached hydrogens (primary N) is 1. The van der Waals surface area contributed by atoms with Gasteiger partial charge in [-0.3, -0.25) is 5.10 Å². The van der Waals surface area contributed by atoms with Gasteiger partial charge in [0.25, 0.3) is 0 Å².